The summed E-state index contributed by atoms with van der Waals surface area (Å²) in [5.74, 6) is 0.105. The van der Waals surface area contributed by atoms with Crippen LogP contribution in [0.4, 0.5) is 5.82 Å². The van der Waals surface area contributed by atoms with E-state index in [2.05, 4.69) is 42.7 Å². The number of hydrogen-bond acceptors (Lipinski definition) is 6. The molecule has 18 heavy (non-hydrogen) atoms. The van der Waals surface area contributed by atoms with E-state index in [0.717, 1.165) is 9.13 Å². The largest absolute Gasteiger partial charge is 0.389 e. The van der Waals surface area contributed by atoms with Crippen LogP contribution in [0, 0.1) is 3.57 Å². The maximum Gasteiger partial charge on any atom is 0.199 e. The number of oxime groups is 1. The zero-order valence-corrected chi connectivity index (χ0v) is 11.4. The molecule has 0 saturated carbocycles. The lowest BCUT2D eigenvalue weighted by atomic mass is 10.2. The van der Waals surface area contributed by atoms with Crippen LogP contribution in [0.5, 0.6) is 0 Å². The summed E-state index contributed by atoms with van der Waals surface area (Å²) in [5.41, 5.74) is 12.2. The fourth-order valence-electron chi connectivity index (χ4n) is 1.22. The van der Waals surface area contributed by atoms with Crippen molar-refractivity contribution in [2.45, 2.75) is 6.61 Å². The van der Waals surface area contributed by atoms with Crippen LogP contribution in [0.2, 0.25) is 0 Å². The van der Waals surface area contributed by atoms with Gasteiger partial charge in [0.25, 0.3) is 0 Å². The van der Waals surface area contributed by atoms with E-state index in [-0.39, 0.29) is 17.3 Å². The van der Waals surface area contributed by atoms with E-state index in [1.807, 2.05) is 24.3 Å². The van der Waals surface area contributed by atoms with E-state index in [1.165, 1.54) is 0 Å². The molecule has 0 aliphatic carbocycles. The second kappa shape index (κ2) is 5.67. The van der Waals surface area contributed by atoms with E-state index >= 15 is 0 Å². The number of nitrogens with two attached hydrogens (primary N) is 2. The Morgan fingerprint density at radius 1 is 1.44 bits per heavy atom. The van der Waals surface area contributed by atoms with E-state index in [0.29, 0.717) is 6.61 Å². The van der Waals surface area contributed by atoms with Gasteiger partial charge < -0.3 is 16.3 Å². The molecule has 1 heterocycles. The van der Waals surface area contributed by atoms with Gasteiger partial charge in [0.2, 0.25) is 0 Å². The molecule has 0 fully saturated rings. The lowest BCUT2D eigenvalue weighted by Gasteiger charge is -2.01. The number of anilines is 1. The van der Waals surface area contributed by atoms with Crippen LogP contribution >= 0.6 is 22.6 Å². The molecule has 4 N–H and O–H groups in total. The maximum atomic E-state index is 5.62. The van der Waals surface area contributed by atoms with E-state index < -0.39 is 0 Å². The fourth-order valence-corrected chi connectivity index (χ4v) is 1.83. The summed E-state index contributed by atoms with van der Waals surface area (Å²) >= 11 is 2.22. The van der Waals surface area contributed by atoms with Crippen LogP contribution < -0.4 is 11.5 Å². The number of rotatable bonds is 4. The van der Waals surface area contributed by atoms with Crippen LogP contribution in [0.25, 0.3) is 0 Å². The molecular formula is C10H10IN5O2. The second-order valence-corrected chi connectivity index (χ2v) is 4.62. The van der Waals surface area contributed by atoms with Gasteiger partial charge in [-0.2, -0.15) is 0 Å². The van der Waals surface area contributed by atoms with Crippen molar-refractivity contribution in [3.8, 4) is 0 Å². The molecule has 94 valence electrons. The molecule has 0 spiro atoms. The highest BCUT2D eigenvalue weighted by atomic mass is 127. The molecule has 0 aliphatic heterocycles. The SMILES string of the molecule is N/C(=N\OCc1cccc(I)c1)c1nonc1N. The predicted molar refractivity (Wildman–Crippen MR) is 73.4 cm³/mol. The van der Waals surface area contributed by atoms with Gasteiger partial charge in [-0.25, -0.2) is 4.63 Å². The molecule has 0 aliphatic rings. The van der Waals surface area contributed by atoms with Gasteiger partial charge in [0.1, 0.15) is 6.61 Å². The van der Waals surface area contributed by atoms with Gasteiger partial charge in [0.05, 0.1) is 0 Å². The third-order valence-corrected chi connectivity index (χ3v) is 2.71. The zero-order chi connectivity index (χ0) is 13.0. The summed E-state index contributed by atoms with van der Waals surface area (Å²) in [5, 5.41) is 10.6. The average Bonchev–Trinajstić information content (AvgIpc) is 2.75. The van der Waals surface area contributed by atoms with Crippen LogP contribution in [-0.2, 0) is 11.4 Å². The van der Waals surface area contributed by atoms with Crippen molar-refractivity contribution in [1.82, 2.24) is 10.3 Å². The Balaban J connectivity index is 1.98. The number of benzene rings is 1. The Morgan fingerprint density at radius 3 is 2.94 bits per heavy atom. The van der Waals surface area contributed by atoms with Gasteiger partial charge in [-0.1, -0.05) is 17.3 Å². The smallest absolute Gasteiger partial charge is 0.199 e. The summed E-state index contributed by atoms with van der Waals surface area (Å²) in [7, 11) is 0. The quantitative estimate of drug-likeness (QED) is 0.366. The first-order chi connectivity index (χ1) is 8.66. The Labute approximate surface area is 116 Å². The standard InChI is InChI=1S/C10H10IN5O2/c11-7-3-1-2-6(4-7)5-17-15-9(12)8-10(13)16-18-14-8/h1-4H,5H2,(H2,12,15)(H2,13,16). The lowest BCUT2D eigenvalue weighted by Crippen LogP contribution is -2.16. The van der Waals surface area contributed by atoms with Gasteiger partial charge in [-0.3, -0.25) is 0 Å². The minimum atomic E-state index is 0.0272. The minimum Gasteiger partial charge on any atom is -0.389 e. The number of nitrogens with zero attached hydrogens (tertiary/aromatic N) is 3. The van der Waals surface area contributed by atoms with Crippen LogP contribution in [0.15, 0.2) is 34.1 Å². The normalized spacial score (nSPS) is 11.5. The summed E-state index contributed by atoms with van der Waals surface area (Å²) < 4.78 is 5.53. The molecule has 0 bridgehead atoms. The third-order valence-electron chi connectivity index (χ3n) is 2.04. The maximum absolute atomic E-state index is 5.62. The van der Waals surface area contributed by atoms with Crippen molar-refractivity contribution < 1.29 is 9.47 Å². The summed E-state index contributed by atoms with van der Waals surface area (Å²) in [6.07, 6.45) is 0. The molecule has 2 aromatic rings. The molecular weight excluding hydrogens is 349 g/mol. The molecule has 0 amide bonds. The first kappa shape index (κ1) is 12.6. The highest BCUT2D eigenvalue weighted by molar-refractivity contribution is 14.1. The monoisotopic (exact) mass is 359 g/mol. The molecule has 0 unspecified atom stereocenters. The molecule has 0 radical (unpaired) electrons. The Kier molecular flexibility index (Phi) is 3.97. The molecule has 0 atom stereocenters. The number of hydrogen-bond donors (Lipinski definition) is 2. The second-order valence-electron chi connectivity index (χ2n) is 3.38. The zero-order valence-electron chi connectivity index (χ0n) is 9.21. The highest BCUT2D eigenvalue weighted by Crippen LogP contribution is 2.09. The van der Waals surface area contributed by atoms with Crippen LogP contribution in [0.3, 0.4) is 0 Å². The number of nitrogen functional groups attached to an aromatic ring is 1. The van der Waals surface area contributed by atoms with Gasteiger partial charge in [-0.15, -0.1) is 0 Å². The topological polar surface area (TPSA) is 113 Å². The van der Waals surface area contributed by atoms with E-state index in [1.54, 1.807) is 0 Å². The number of aromatic nitrogens is 2. The van der Waals surface area contributed by atoms with Crippen molar-refractivity contribution in [3.63, 3.8) is 0 Å². The minimum absolute atomic E-state index is 0.0272. The highest BCUT2D eigenvalue weighted by Gasteiger charge is 2.10. The first-order valence-electron chi connectivity index (χ1n) is 4.95. The van der Waals surface area contributed by atoms with Crippen molar-refractivity contribution in [2.24, 2.45) is 10.9 Å². The number of amidine groups is 1. The van der Waals surface area contributed by atoms with Crippen molar-refractivity contribution in [2.75, 3.05) is 5.73 Å². The number of halogens is 1. The van der Waals surface area contributed by atoms with Crippen molar-refractivity contribution >= 4 is 34.2 Å². The summed E-state index contributed by atoms with van der Waals surface area (Å²) in [4.78, 5) is 5.11. The van der Waals surface area contributed by atoms with Gasteiger partial charge in [-0.05, 0) is 50.6 Å². The molecule has 0 saturated heterocycles. The molecule has 2 rings (SSSR count). The molecule has 1 aromatic heterocycles. The van der Waals surface area contributed by atoms with Crippen LogP contribution in [-0.4, -0.2) is 16.1 Å². The van der Waals surface area contributed by atoms with E-state index in [9.17, 15) is 0 Å². The van der Waals surface area contributed by atoms with E-state index in [4.69, 9.17) is 16.3 Å². The average molecular weight is 359 g/mol. The first-order valence-corrected chi connectivity index (χ1v) is 6.03. The van der Waals surface area contributed by atoms with Crippen molar-refractivity contribution in [1.29, 1.82) is 0 Å². The lowest BCUT2D eigenvalue weighted by molar-refractivity contribution is 0.130. The van der Waals surface area contributed by atoms with Gasteiger partial charge >= 0.3 is 0 Å². The molecule has 8 heteroatoms. The molecule has 7 nitrogen and oxygen atoms in total. The van der Waals surface area contributed by atoms with Gasteiger partial charge in [0.15, 0.2) is 17.3 Å². The fraction of sp³-hybridized carbons (Fsp3) is 0.100. The van der Waals surface area contributed by atoms with Crippen molar-refractivity contribution in [3.05, 3.63) is 39.1 Å². The Morgan fingerprint density at radius 2 is 2.28 bits per heavy atom. The predicted octanol–water partition coefficient (Wildman–Crippen LogP) is 1.09. The Bertz CT molecular complexity index is 569. The van der Waals surface area contributed by atoms with Crippen LogP contribution in [0.1, 0.15) is 11.3 Å². The Hall–Kier alpha value is -1.84. The molecule has 1 aromatic carbocycles. The third kappa shape index (κ3) is 3.09. The summed E-state index contributed by atoms with van der Waals surface area (Å²) in [6, 6.07) is 7.84. The summed E-state index contributed by atoms with van der Waals surface area (Å²) in [6.45, 7) is 0.308. The van der Waals surface area contributed by atoms with Gasteiger partial charge in [0, 0.05) is 3.57 Å².